The number of nitrogens with zero attached hydrogens (tertiary/aromatic N) is 1. The molecule has 1 aromatic carbocycles. The van der Waals surface area contributed by atoms with Gasteiger partial charge >= 0.3 is 0 Å². The zero-order valence-corrected chi connectivity index (χ0v) is 12.5. The van der Waals surface area contributed by atoms with E-state index in [1.165, 1.54) is 42.8 Å². The lowest BCUT2D eigenvalue weighted by Gasteiger charge is -2.17. The van der Waals surface area contributed by atoms with Gasteiger partial charge in [-0.3, -0.25) is 4.79 Å². The van der Waals surface area contributed by atoms with Crippen molar-refractivity contribution in [1.82, 2.24) is 4.31 Å². The Bertz CT molecular complexity index is 697. The number of nitrogens with two attached hydrogens (primary N) is 1. The summed E-state index contributed by atoms with van der Waals surface area (Å²) in [5.41, 5.74) is 5.45. The molecule has 0 spiro atoms. The lowest BCUT2D eigenvalue weighted by molar-refractivity contribution is -0.114. The van der Waals surface area contributed by atoms with Gasteiger partial charge in [-0.05, 0) is 12.1 Å². The quantitative estimate of drug-likeness (QED) is 0.832. The molecule has 0 radical (unpaired) electrons. The predicted octanol–water partition coefficient (Wildman–Crippen LogP) is 0.120. The third kappa shape index (κ3) is 2.86. The molecule has 0 fully saturated rings. The number of amides is 1. The summed E-state index contributed by atoms with van der Waals surface area (Å²) in [5, 5.41) is 0. The number of ether oxygens (including phenoxy) is 2. The van der Waals surface area contributed by atoms with Crippen molar-refractivity contribution >= 4 is 15.9 Å². The van der Waals surface area contributed by atoms with Gasteiger partial charge in [-0.15, -0.1) is 0 Å². The minimum Gasteiger partial charge on any atom is -0.493 e. The summed E-state index contributed by atoms with van der Waals surface area (Å²) >= 11 is 0. The Morgan fingerprint density at radius 1 is 1.24 bits per heavy atom. The number of rotatable bonds is 5. The van der Waals surface area contributed by atoms with Crippen LogP contribution < -0.4 is 15.2 Å². The molecule has 1 aliphatic heterocycles. The molecule has 7 nitrogen and oxygen atoms in total. The maximum atomic E-state index is 12.5. The predicted molar refractivity (Wildman–Crippen MR) is 75.6 cm³/mol. The third-order valence-corrected chi connectivity index (χ3v) is 5.00. The molecule has 0 atom stereocenters. The molecular weight excluding hydrogens is 296 g/mol. The highest BCUT2D eigenvalue weighted by Crippen LogP contribution is 2.31. The van der Waals surface area contributed by atoms with Crippen LogP contribution in [0.1, 0.15) is 0 Å². The number of sulfonamides is 1. The van der Waals surface area contributed by atoms with Crippen molar-refractivity contribution in [2.24, 2.45) is 5.73 Å². The number of primary amides is 1. The van der Waals surface area contributed by atoms with E-state index >= 15 is 0 Å². The van der Waals surface area contributed by atoms with E-state index in [0.717, 1.165) is 0 Å². The first-order chi connectivity index (χ1) is 9.90. The molecule has 1 aliphatic rings. The topological polar surface area (TPSA) is 98.9 Å². The minimum atomic E-state index is -3.72. The van der Waals surface area contributed by atoms with Crippen molar-refractivity contribution in [3.05, 3.63) is 29.8 Å². The molecule has 1 heterocycles. The molecule has 2 rings (SSSR count). The standard InChI is InChI=1S/C13H16N2O5S/c1-19-11-4-3-10(7-12(11)20-2)21(17,18)15-6-5-9(8-15)13(14)16/h3-5,7H,6,8H2,1-2H3,(H2,14,16). The summed E-state index contributed by atoms with van der Waals surface area (Å²) in [4.78, 5) is 11.2. The monoisotopic (exact) mass is 312 g/mol. The number of carbonyl (C=O) groups excluding carboxylic acids is 1. The third-order valence-electron chi connectivity index (χ3n) is 3.20. The first kappa shape index (κ1) is 15.3. The highest BCUT2D eigenvalue weighted by Gasteiger charge is 2.30. The van der Waals surface area contributed by atoms with Crippen molar-refractivity contribution in [3.8, 4) is 11.5 Å². The van der Waals surface area contributed by atoms with Gasteiger partial charge in [0.15, 0.2) is 11.5 Å². The average molecular weight is 312 g/mol. The van der Waals surface area contributed by atoms with Crippen molar-refractivity contribution in [2.75, 3.05) is 27.3 Å². The van der Waals surface area contributed by atoms with Gasteiger partial charge in [-0.2, -0.15) is 4.31 Å². The zero-order valence-electron chi connectivity index (χ0n) is 11.7. The maximum absolute atomic E-state index is 12.5. The van der Waals surface area contributed by atoms with Crippen LogP contribution in [0.4, 0.5) is 0 Å². The van der Waals surface area contributed by atoms with Crippen LogP contribution in [0.25, 0.3) is 0 Å². The number of hydrogen-bond acceptors (Lipinski definition) is 5. The number of benzene rings is 1. The molecule has 1 aromatic rings. The van der Waals surface area contributed by atoms with Crippen LogP contribution >= 0.6 is 0 Å². The lowest BCUT2D eigenvalue weighted by Crippen LogP contribution is -2.30. The Labute approximate surface area is 123 Å². The lowest BCUT2D eigenvalue weighted by atomic mass is 10.3. The Balaban J connectivity index is 2.31. The van der Waals surface area contributed by atoms with E-state index in [1.54, 1.807) is 0 Å². The number of methoxy groups -OCH3 is 2. The van der Waals surface area contributed by atoms with Gasteiger partial charge in [0.25, 0.3) is 0 Å². The Kier molecular flexibility index (Phi) is 4.19. The molecule has 1 amide bonds. The fourth-order valence-electron chi connectivity index (χ4n) is 2.02. The summed E-state index contributed by atoms with van der Waals surface area (Å²) in [6.07, 6.45) is 1.51. The molecule has 0 aliphatic carbocycles. The fraction of sp³-hybridized carbons (Fsp3) is 0.308. The first-order valence-electron chi connectivity index (χ1n) is 6.11. The van der Waals surface area contributed by atoms with Gasteiger partial charge in [0, 0.05) is 24.7 Å². The van der Waals surface area contributed by atoms with Crippen LogP contribution in [-0.4, -0.2) is 45.9 Å². The summed E-state index contributed by atoms with van der Waals surface area (Å²) in [6.45, 7) is 0.0982. The van der Waals surface area contributed by atoms with Crippen molar-refractivity contribution in [3.63, 3.8) is 0 Å². The van der Waals surface area contributed by atoms with E-state index in [1.807, 2.05) is 0 Å². The number of carbonyl (C=O) groups is 1. The van der Waals surface area contributed by atoms with Crippen LogP contribution in [0.5, 0.6) is 11.5 Å². The molecule has 0 saturated heterocycles. The normalized spacial score (nSPS) is 15.6. The summed E-state index contributed by atoms with van der Waals surface area (Å²) in [6, 6.07) is 4.33. The van der Waals surface area contributed by atoms with E-state index in [9.17, 15) is 13.2 Å². The Morgan fingerprint density at radius 2 is 1.90 bits per heavy atom. The van der Waals surface area contributed by atoms with E-state index in [4.69, 9.17) is 15.2 Å². The van der Waals surface area contributed by atoms with Gasteiger partial charge in [0.05, 0.1) is 19.1 Å². The number of hydrogen-bond donors (Lipinski definition) is 1. The SMILES string of the molecule is COc1ccc(S(=O)(=O)N2CC=C(C(N)=O)C2)cc1OC. The van der Waals surface area contributed by atoms with Gasteiger partial charge in [-0.1, -0.05) is 6.08 Å². The van der Waals surface area contributed by atoms with Gasteiger partial charge in [0.1, 0.15) is 0 Å². The van der Waals surface area contributed by atoms with Crippen LogP contribution in [0.15, 0.2) is 34.7 Å². The second-order valence-electron chi connectivity index (χ2n) is 4.41. The molecular formula is C13H16N2O5S. The minimum absolute atomic E-state index is 0.0218. The molecule has 0 aromatic heterocycles. The maximum Gasteiger partial charge on any atom is 0.245 e. The van der Waals surface area contributed by atoms with Gasteiger partial charge in [-0.25, -0.2) is 8.42 Å². The first-order valence-corrected chi connectivity index (χ1v) is 7.55. The molecule has 21 heavy (non-hydrogen) atoms. The summed E-state index contributed by atoms with van der Waals surface area (Å²) in [5.74, 6) is 0.148. The molecule has 0 bridgehead atoms. The van der Waals surface area contributed by atoms with Gasteiger partial charge < -0.3 is 15.2 Å². The molecule has 8 heteroatoms. The highest BCUT2D eigenvalue weighted by atomic mass is 32.2. The van der Waals surface area contributed by atoms with Crippen LogP contribution in [0.2, 0.25) is 0 Å². The summed E-state index contributed by atoms with van der Waals surface area (Å²) in [7, 11) is -0.830. The van der Waals surface area contributed by atoms with E-state index in [0.29, 0.717) is 17.1 Å². The second kappa shape index (κ2) is 5.74. The van der Waals surface area contributed by atoms with Crippen molar-refractivity contribution < 1.29 is 22.7 Å². The average Bonchev–Trinajstić information content (AvgIpc) is 2.97. The highest BCUT2D eigenvalue weighted by molar-refractivity contribution is 7.89. The Morgan fingerprint density at radius 3 is 2.43 bits per heavy atom. The van der Waals surface area contributed by atoms with E-state index < -0.39 is 15.9 Å². The van der Waals surface area contributed by atoms with E-state index in [2.05, 4.69) is 0 Å². The van der Waals surface area contributed by atoms with Crippen molar-refractivity contribution in [1.29, 1.82) is 0 Å². The molecule has 0 unspecified atom stereocenters. The Hall–Kier alpha value is -2.06. The van der Waals surface area contributed by atoms with Crippen molar-refractivity contribution in [2.45, 2.75) is 4.90 Å². The largest absolute Gasteiger partial charge is 0.493 e. The molecule has 114 valence electrons. The van der Waals surface area contributed by atoms with E-state index in [-0.39, 0.29) is 18.0 Å². The molecule has 2 N–H and O–H groups in total. The summed E-state index contributed by atoms with van der Waals surface area (Å²) < 4.78 is 36.4. The molecule has 0 saturated carbocycles. The second-order valence-corrected chi connectivity index (χ2v) is 6.35. The van der Waals surface area contributed by atoms with Crippen LogP contribution in [0.3, 0.4) is 0 Å². The fourth-order valence-corrected chi connectivity index (χ4v) is 3.39. The smallest absolute Gasteiger partial charge is 0.245 e. The zero-order chi connectivity index (χ0) is 15.6. The van der Waals surface area contributed by atoms with Crippen LogP contribution in [0, 0.1) is 0 Å². The van der Waals surface area contributed by atoms with Crippen LogP contribution in [-0.2, 0) is 14.8 Å². The van der Waals surface area contributed by atoms with Gasteiger partial charge in [0.2, 0.25) is 15.9 Å².